The van der Waals surface area contributed by atoms with Crippen molar-refractivity contribution in [1.82, 2.24) is 24.8 Å². The van der Waals surface area contributed by atoms with Crippen molar-refractivity contribution < 1.29 is 26.3 Å². The first-order chi connectivity index (χ1) is 21.2. The fraction of sp³-hybridized carbons (Fsp3) is 0.379. The number of aromatic nitrogens is 4. The minimum Gasteiger partial charge on any atom is -0.494 e. The lowest BCUT2D eigenvalue weighted by molar-refractivity contribution is -0.137. The Kier molecular flexibility index (Phi) is 8.89. The maximum absolute atomic E-state index is 14.1. The highest BCUT2D eigenvalue weighted by atomic mass is 32.2. The first-order valence-corrected chi connectivity index (χ1v) is 15.9. The third-order valence-electron chi connectivity index (χ3n) is 7.58. The monoisotopic (exact) mass is 645 g/mol. The molecular formula is C29H34F3N9O3S. The number of alkyl halides is 3. The van der Waals surface area contributed by atoms with Crippen molar-refractivity contribution in [2.45, 2.75) is 32.0 Å². The van der Waals surface area contributed by atoms with Gasteiger partial charge in [0, 0.05) is 49.5 Å². The van der Waals surface area contributed by atoms with E-state index in [0.717, 1.165) is 43.4 Å². The highest BCUT2D eigenvalue weighted by Crippen LogP contribution is 2.40. The van der Waals surface area contributed by atoms with Crippen LogP contribution in [0.5, 0.6) is 5.75 Å². The molecule has 0 saturated carbocycles. The largest absolute Gasteiger partial charge is 0.494 e. The fourth-order valence-electron chi connectivity index (χ4n) is 5.33. The van der Waals surface area contributed by atoms with Crippen molar-refractivity contribution in [3.8, 4) is 5.75 Å². The molecule has 0 bridgehead atoms. The number of hydrogen-bond acceptors (Lipinski definition) is 11. The van der Waals surface area contributed by atoms with Gasteiger partial charge in [0.15, 0.2) is 0 Å². The van der Waals surface area contributed by atoms with Crippen molar-refractivity contribution in [2.24, 2.45) is 0 Å². The predicted octanol–water partition coefficient (Wildman–Crippen LogP) is 5.14. The Morgan fingerprint density at radius 2 is 1.73 bits per heavy atom. The third kappa shape index (κ3) is 7.28. The van der Waals surface area contributed by atoms with E-state index in [1.54, 1.807) is 0 Å². The summed E-state index contributed by atoms with van der Waals surface area (Å²) in [5.74, 6) is -0.270. The fourth-order valence-corrected chi connectivity index (χ4v) is 5.91. The molecule has 1 saturated heterocycles. The van der Waals surface area contributed by atoms with Crippen LogP contribution < -0.4 is 25.0 Å². The van der Waals surface area contributed by atoms with Gasteiger partial charge in [-0.05, 0) is 57.6 Å². The molecule has 3 heterocycles. The van der Waals surface area contributed by atoms with Gasteiger partial charge in [0.05, 0.1) is 35.9 Å². The molecule has 0 unspecified atom stereocenters. The molecule has 1 fully saturated rings. The van der Waals surface area contributed by atoms with Crippen LogP contribution in [-0.4, -0.2) is 79.8 Å². The second kappa shape index (κ2) is 12.5. The van der Waals surface area contributed by atoms with E-state index in [4.69, 9.17) is 4.74 Å². The summed E-state index contributed by atoms with van der Waals surface area (Å²) in [4.78, 5) is 20.9. The van der Waals surface area contributed by atoms with Gasteiger partial charge in [-0.2, -0.15) is 18.2 Å². The molecule has 5 rings (SSSR count). The van der Waals surface area contributed by atoms with Gasteiger partial charge in [0.25, 0.3) is 0 Å². The summed E-state index contributed by atoms with van der Waals surface area (Å²) in [6.07, 6.45) is 1.57. The van der Waals surface area contributed by atoms with Crippen LogP contribution in [0, 0.1) is 6.92 Å². The number of ether oxygens (including phenoxy) is 1. The number of hydrogen-bond donors (Lipinski definition) is 3. The second-order valence-corrected chi connectivity index (χ2v) is 12.8. The number of piperidine rings is 1. The molecule has 1 aliphatic heterocycles. The normalized spacial score (nSPS) is 14.6. The summed E-state index contributed by atoms with van der Waals surface area (Å²) in [6.45, 7) is 3.72. The Balaban J connectivity index is 1.49. The van der Waals surface area contributed by atoms with E-state index >= 15 is 0 Å². The summed E-state index contributed by atoms with van der Waals surface area (Å²) < 4.78 is 74.6. The average molecular weight is 646 g/mol. The molecule has 16 heteroatoms. The van der Waals surface area contributed by atoms with Gasteiger partial charge in [0.1, 0.15) is 22.6 Å². The van der Waals surface area contributed by atoms with Crippen molar-refractivity contribution in [2.75, 3.05) is 60.8 Å². The number of fused-ring (bicyclic) bond motifs is 1. The molecule has 0 aliphatic carbocycles. The Hall–Kier alpha value is -4.44. The maximum atomic E-state index is 14.1. The number of methoxy groups -OCH3 is 1. The molecule has 0 radical (unpaired) electrons. The zero-order valence-electron chi connectivity index (χ0n) is 25.4. The Morgan fingerprint density at radius 3 is 2.38 bits per heavy atom. The molecule has 0 atom stereocenters. The zero-order chi connectivity index (χ0) is 32.5. The van der Waals surface area contributed by atoms with Gasteiger partial charge in [-0.25, -0.2) is 13.4 Å². The molecule has 3 N–H and O–H groups in total. The van der Waals surface area contributed by atoms with E-state index in [2.05, 4.69) is 59.2 Å². The summed E-state index contributed by atoms with van der Waals surface area (Å²) >= 11 is 0. The van der Waals surface area contributed by atoms with Crippen molar-refractivity contribution in [3.63, 3.8) is 0 Å². The molecular weight excluding hydrogens is 611 g/mol. The van der Waals surface area contributed by atoms with E-state index in [0.29, 0.717) is 29.2 Å². The second-order valence-electron chi connectivity index (χ2n) is 11.0. The van der Waals surface area contributed by atoms with Crippen molar-refractivity contribution in [3.05, 3.63) is 54.0 Å². The lowest BCUT2D eigenvalue weighted by Gasteiger charge is -2.37. The van der Waals surface area contributed by atoms with Crippen LogP contribution in [0.4, 0.5) is 47.7 Å². The van der Waals surface area contributed by atoms with Crippen LogP contribution in [0.25, 0.3) is 11.0 Å². The molecule has 2 aromatic heterocycles. The summed E-state index contributed by atoms with van der Waals surface area (Å²) in [5.41, 5.74) is 1.65. The van der Waals surface area contributed by atoms with Crippen LogP contribution in [0.1, 0.15) is 24.0 Å². The highest BCUT2D eigenvalue weighted by Gasteiger charge is 2.36. The minimum atomic E-state index is -4.82. The lowest BCUT2D eigenvalue weighted by atomic mass is 10.0. The number of benzene rings is 2. The standard InChI is InChI=1S/C29H34F3N9O3S/c1-17-14-22(24(44-4)15-23(17)41-12-8-18(9-13-41)40(2)3)37-28-35-16-19(29(30,31)32)27(38-28)36-21-7-6-20-25(34-11-10-33-20)26(21)39-45(5,42)43/h6-7,10-11,14-16,18,39H,8-9,12-13H2,1-5H3,(H2,35,36,37,38). The summed E-state index contributed by atoms with van der Waals surface area (Å²) in [7, 11) is 1.83. The quantitative estimate of drug-likeness (QED) is 0.223. The summed E-state index contributed by atoms with van der Waals surface area (Å²) in [5, 5.41) is 5.64. The Labute approximate surface area is 259 Å². The topological polar surface area (TPSA) is 138 Å². The molecule has 12 nitrogen and oxygen atoms in total. The zero-order valence-corrected chi connectivity index (χ0v) is 26.2. The third-order valence-corrected chi connectivity index (χ3v) is 8.15. The van der Waals surface area contributed by atoms with Gasteiger partial charge in [-0.1, -0.05) is 0 Å². The molecule has 45 heavy (non-hydrogen) atoms. The van der Waals surface area contributed by atoms with E-state index in [-0.39, 0.29) is 22.8 Å². The molecule has 1 aliphatic rings. The number of nitrogens with one attached hydrogen (secondary N) is 3. The SMILES string of the molecule is COc1cc(N2CCC(N(C)C)CC2)c(C)cc1Nc1ncc(C(F)(F)F)c(Nc2ccc3nccnc3c2NS(C)(=O)=O)n1. The van der Waals surface area contributed by atoms with E-state index in [9.17, 15) is 21.6 Å². The molecule has 2 aromatic carbocycles. The van der Waals surface area contributed by atoms with E-state index in [1.165, 1.54) is 31.6 Å². The Bertz CT molecular complexity index is 1810. The number of anilines is 6. The maximum Gasteiger partial charge on any atom is 0.421 e. The molecule has 4 aromatic rings. The number of halogens is 3. The van der Waals surface area contributed by atoms with Gasteiger partial charge < -0.3 is 25.2 Å². The van der Waals surface area contributed by atoms with Crippen molar-refractivity contribution in [1.29, 1.82) is 0 Å². The number of sulfonamides is 1. The van der Waals surface area contributed by atoms with E-state index in [1.807, 2.05) is 19.1 Å². The van der Waals surface area contributed by atoms with Crippen LogP contribution in [0.2, 0.25) is 0 Å². The molecule has 0 spiro atoms. The number of aryl methyl sites for hydroxylation is 1. The van der Waals surface area contributed by atoms with Gasteiger partial charge in [0.2, 0.25) is 16.0 Å². The van der Waals surface area contributed by atoms with Crippen LogP contribution in [0.15, 0.2) is 42.9 Å². The first-order valence-electron chi connectivity index (χ1n) is 14.0. The first kappa shape index (κ1) is 32.0. The van der Waals surface area contributed by atoms with Crippen LogP contribution in [-0.2, 0) is 16.2 Å². The van der Waals surface area contributed by atoms with E-state index < -0.39 is 27.6 Å². The van der Waals surface area contributed by atoms with Crippen molar-refractivity contribution >= 4 is 55.6 Å². The summed E-state index contributed by atoms with van der Waals surface area (Å²) in [6, 6.07) is 7.16. The smallest absolute Gasteiger partial charge is 0.421 e. The Morgan fingerprint density at radius 1 is 1.02 bits per heavy atom. The average Bonchev–Trinajstić information content (AvgIpc) is 2.97. The van der Waals surface area contributed by atoms with Gasteiger partial charge in [-0.15, -0.1) is 0 Å². The molecule has 240 valence electrons. The van der Waals surface area contributed by atoms with Crippen LogP contribution >= 0.6 is 0 Å². The van der Waals surface area contributed by atoms with Gasteiger partial charge in [-0.3, -0.25) is 14.7 Å². The lowest BCUT2D eigenvalue weighted by Crippen LogP contribution is -2.42. The van der Waals surface area contributed by atoms with Crippen LogP contribution in [0.3, 0.4) is 0 Å². The van der Waals surface area contributed by atoms with Gasteiger partial charge >= 0.3 is 6.18 Å². The number of rotatable bonds is 9. The minimum absolute atomic E-state index is 0.0145. The highest BCUT2D eigenvalue weighted by molar-refractivity contribution is 7.92. The number of nitrogens with zero attached hydrogens (tertiary/aromatic N) is 6. The molecule has 0 amide bonds. The predicted molar refractivity (Wildman–Crippen MR) is 168 cm³/mol.